The molecule has 0 unspecified atom stereocenters. The van der Waals surface area contributed by atoms with E-state index in [1.807, 2.05) is 0 Å². The summed E-state index contributed by atoms with van der Waals surface area (Å²) >= 11 is 1.21. The quantitative estimate of drug-likeness (QED) is 0.368. The van der Waals surface area contributed by atoms with Crippen molar-refractivity contribution < 1.29 is 19.2 Å². The molecule has 0 saturated carbocycles. The third-order valence-electron chi connectivity index (χ3n) is 4.02. The molecule has 0 aliphatic heterocycles. The number of nitrogens with zero attached hydrogens (tertiary/aromatic N) is 4. The van der Waals surface area contributed by atoms with Gasteiger partial charge in [-0.05, 0) is 48.7 Å². The van der Waals surface area contributed by atoms with Gasteiger partial charge in [-0.1, -0.05) is 11.1 Å². The van der Waals surface area contributed by atoms with E-state index in [9.17, 15) is 9.90 Å². The number of aromatic nitrogens is 2. The predicted octanol–water partition coefficient (Wildman–Crippen LogP) is 4.38. The van der Waals surface area contributed by atoms with E-state index in [0.29, 0.717) is 39.3 Å². The lowest BCUT2D eigenvalue weighted by atomic mass is 10.1. The molecule has 0 aliphatic rings. The van der Waals surface area contributed by atoms with Crippen molar-refractivity contribution in [1.82, 2.24) is 10.1 Å². The highest BCUT2D eigenvalue weighted by molar-refractivity contribution is 8.15. The zero-order chi connectivity index (χ0) is 22.4. The fourth-order valence-electron chi connectivity index (χ4n) is 2.62. The second-order valence-electron chi connectivity index (χ2n) is 6.15. The van der Waals surface area contributed by atoms with Gasteiger partial charge in [0, 0.05) is 23.6 Å². The molecule has 8 nitrogen and oxygen atoms in total. The summed E-state index contributed by atoms with van der Waals surface area (Å²) in [5.74, 6) is 3.40. The Morgan fingerprint density at radius 1 is 1.26 bits per heavy atom. The van der Waals surface area contributed by atoms with Crippen LogP contribution in [0.5, 0.6) is 5.75 Å². The maximum Gasteiger partial charge on any atom is 0.434 e. The van der Waals surface area contributed by atoms with Crippen LogP contribution in [-0.2, 0) is 4.74 Å². The highest BCUT2D eigenvalue weighted by atomic mass is 32.2. The highest BCUT2D eigenvalue weighted by Crippen LogP contribution is 2.24. The third kappa shape index (κ3) is 5.38. The molecule has 156 valence electrons. The second kappa shape index (κ2) is 9.73. The summed E-state index contributed by atoms with van der Waals surface area (Å²) in [6.45, 7) is 1.71. The van der Waals surface area contributed by atoms with Crippen molar-refractivity contribution in [2.75, 3.05) is 13.4 Å². The Bertz CT molecular complexity index is 1210. The molecule has 3 rings (SSSR count). The number of hydrogen-bond acceptors (Lipinski definition) is 8. The summed E-state index contributed by atoms with van der Waals surface area (Å²) in [5, 5.41) is 14.3. The van der Waals surface area contributed by atoms with Gasteiger partial charge in [-0.2, -0.15) is 9.98 Å². The molecule has 3 aromatic rings. The minimum Gasteiger partial charge on any atom is -0.508 e. The molecule has 9 heteroatoms. The standard InChI is InChI=1S/C22H18N4O4S/c1-5-14-10-16(12-18(27)11-14)19(21(31-4)25-22(28)29-3)24-17-8-6-15(7-9-17)20-23-13(2)30-26-20/h1,6-12,27H,2-4H3. The lowest BCUT2D eigenvalue weighted by Crippen LogP contribution is -2.14. The summed E-state index contributed by atoms with van der Waals surface area (Å²) < 4.78 is 9.66. The average Bonchev–Trinajstić information content (AvgIpc) is 3.22. The highest BCUT2D eigenvalue weighted by Gasteiger charge is 2.16. The van der Waals surface area contributed by atoms with Crippen molar-refractivity contribution in [3.8, 4) is 29.5 Å². The Labute approximate surface area is 183 Å². The minimum atomic E-state index is -0.766. The number of carbonyl (C=O) groups is 1. The van der Waals surface area contributed by atoms with Crippen LogP contribution < -0.4 is 0 Å². The van der Waals surface area contributed by atoms with E-state index in [4.69, 9.17) is 10.9 Å². The van der Waals surface area contributed by atoms with Crippen molar-refractivity contribution in [2.45, 2.75) is 6.92 Å². The molecule has 2 aromatic carbocycles. The Kier molecular flexibility index (Phi) is 6.85. The van der Waals surface area contributed by atoms with Crippen LogP contribution >= 0.6 is 11.8 Å². The van der Waals surface area contributed by atoms with Crippen molar-refractivity contribution in [3.63, 3.8) is 0 Å². The van der Waals surface area contributed by atoms with Gasteiger partial charge in [0.2, 0.25) is 11.7 Å². The second-order valence-corrected chi connectivity index (χ2v) is 6.94. The monoisotopic (exact) mass is 434 g/mol. The van der Waals surface area contributed by atoms with Gasteiger partial charge in [0.05, 0.1) is 12.8 Å². The number of benzene rings is 2. The van der Waals surface area contributed by atoms with Gasteiger partial charge in [-0.3, -0.25) is 0 Å². The molecule has 0 aliphatic carbocycles. The number of amides is 1. The zero-order valence-electron chi connectivity index (χ0n) is 17.0. The van der Waals surface area contributed by atoms with Crippen LogP contribution in [0, 0.1) is 19.3 Å². The third-order valence-corrected chi connectivity index (χ3v) is 4.69. The molecule has 1 aromatic heterocycles. The summed E-state index contributed by atoms with van der Waals surface area (Å²) in [4.78, 5) is 24.6. The number of aromatic hydroxyl groups is 1. The number of methoxy groups -OCH3 is 1. The SMILES string of the molecule is C#Cc1cc(O)cc(C(=Nc2ccc(-c3noc(C)n3)cc2)C(=NC(=O)OC)SC)c1. The largest absolute Gasteiger partial charge is 0.508 e. The lowest BCUT2D eigenvalue weighted by molar-refractivity contribution is 0.183. The summed E-state index contributed by atoms with van der Waals surface area (Å²) in [7, 11) is 1.24. The van der Waals surface area contributed by atoms with Crippen LogP contribution in [0.15, 0.2) is 57.0 Å². The number of ether oxygens (including phenoxy) is 1. The minimum absolute atomic E-state index is 0.0282. The molecule has 0 radical (unpaired) electrons. The van der Waals surface area contributed by atoms with E-state index in [-0.39, 0.29) is 5.75 Å². The van der Waals surface area contributed by atoms with Crippen LogP contribution in [-0.4, -0.2) is 45.5 Å². The van der Waals surface area contributed by atoms with Crippen LogP contribution in [0.3, 0.4) is 0 Å². The predicted molar refractivity (Wildman–Crippen MR) is 120 cm³/mol. The first kappa shape index (κ1) is 21.8. The van der Waals surface area contributed by atoms with Crippen molar-refractivity contribution in [2.24, 2.45) is 9.98 Å². The summed E-state index contributed by atoms with van der Waals surface area (Å²) in [6.07, 6.45) is 6.48. The molecule has 0 fully saturated rings. The molecule has 31 heavy (non-hydrogen) atoms. The van der Waals surface area contributed by atoms with Gasteiger partial charge < -0.3 is 14.4 Å². The number of aryl methyl sites for hydroxylation is 1. The van der Waals surface area contributed by atoms with Gasteiger partial charge in [0.15, 0.2) is 0 Å². The molecule has 1 amide bonds. The summed E-state index contributed by atoms with van der Waals surface area (Å²) in [6, 6.07) is 11.8. The van der Waals surface area contributed by atoms with E-state index in [0.717, 1.165) is 5.56 Å². The van der Waals surface area contributed by atoms with Gasteiger partial charge >= 0.3 is 6.09 Å². The first-order valence-corrected chi connectivity index (χ1v) is 10.2. The number of terminal acetylenes is 1. The van der Waals surface area contributed by atoms with Crippen molar-refractivity contribution in [3.05, 3.63) is 59.5 Å². The van der Waals surface area contributed by atoms with Crippen LogP contribution in [0.2, 0.25) is 0 Å². The van der Waals surface area contributed by atoms with E-state index in [1.54, 1.807) is 43.5 Å². The molecule has 0 spiro atoms. The number of thioether (sulfide) groups is 1. The van der Waals surface area contributed by atoms with Crippen molar-refractivity contribution >= 4 is 34.3 Å². The maximum absolute atomic E-state index is 11.8. The van der Waals surface area contributed by atoms with E-state index < -0.39 is 6.09 Å². The molecular weight excluding hydrogens is 416 g/mol. The molecule has 0 atom stereocenters. The first-order chi connectivity index (χ1) is 14.9. The maximum atomic E-state index is 11.8. The van der Waals surface area contributed by atoms with Gasteiger partial charge in [-0.15, -0.1) is 18.2 Å². The average molecular weight is 434 g/mol. The first-order valence-electron chi connectivity index (χ1n) is 8.95. The van der Waals surface area contributed by atoms with Crippen LogP contribution in [0.4, 0.5) is 10.5 Å². The van der Waals surface area contributed by atoms with Gasteiger partial charge in [0.25, 0.3) is 0 Å². The number of carbonyl (C=O) groups excluding carboxylic acids is 1. The lowest BCUT2D eigenvalue weighted by Gasteiger charge is -2.10. The van der Waals surface area contributed by atoms with Gasteiger partial charge in [0.1, 0.15) is 16.5 Å². The molecule has 1 N–H and O–H groups in total. The molecular formula is C22H18N4O4S. The summed E-state index contributed by atoms with van der Waals surface area (Å²) in [5.41, 5.74) is 2.66. The molecule has 1 heterocycles. The number of hydrogen-bond donors (Lipinski definition) is 1. The Balaban J connectivity index is 2.10. The van der Waals surface area contributed by atoms with Crippen molar-refractivity contribution in [1.29, 1.82) is 0 Å². The normalized spacial score (nSPS) is 11.8. The Morgan fingerprint density at radius 2 is 2.00 bits per heavy atom. The number of rotatable bonds is 4. The van der Waals surface area contributed by atoms with E-state index >= 15 is 0 Å². The van der Waals surface area contributed by atoms with E-state index in [2.05, 4.69) is 30.8 Å². The molecule has 0 saturated heterocycles. The van der Waals surface area contributed by atoms with E-state index in [1.165, 1.54) is 31.0 Å². The smallest absolute Gasteiger partial charge is 0.434 e. The van der Waals surface area contributed by atoms with Crippen LogP contribution in [0.1, 0.15) is 17.0 Å². The molecule has 0 bridgehead atoms. The number of phenolic OH excluding ortho intramolecular Hbond substituents is 1. The Morgan fingerprint density at radius 3 is 2.58 bits per heavy atom. The number of phenols is 1. The zero-order valence-corrected chi connectivity index (χ0v) is 17.8. The number of aliphatic imine (C=N–C) groups is 2. The fourth-order valence-corrected chi connectivity index (χ4v) is 3.14. The van der Waals surface area contributed by atoms with Crippen LogP contribution in [0.25, 0.3) is 11.4 Å². The topological polar surface area (TPSA) is 110 Å². The van der Waals surface area contributed by atoms with Gasteiger partial charge in [-0.25, -0.2) is 9.79 Å². The Hall–Kier alpha value is -3.90. The fraction of sp³-hybridized carbons (Fsp3) is 0.136.